The molecule has 2 unspecified atom stereocenters. The molecule has 0 amide bonds. The number of nitrogens with one attached hydrogen (secondary N) is 1. The normalized spacial score (nSPS) is 14.3. The SMILES string of the molecule is CNC(c1cc2ccccc2o1)C(C)c1ccncc1. The van der Waals surface area contributed by atoms with Gasteiger partial charge in [0.15, 0.2) is 0 Å². The van der Waals surface area contributed by atoms with E-state index in [2.05, 4.69) is 41.5 Å². The second-order valence-electron chi connectivity index (χ2n) is 5.02. The molecular formula is C17H18N2O. The number of furan rings is 1. The molecule has 0 aliphatic carbocycles. The van der Waals surface area contributed by atoms with Crippen molar-refractivity contribution in [2.24, 2.45) is 0 Å². The standard InChI is InChI=1S/C17H18N2O/c1-12(13-7-9-19-10-8-13)17(18-2)16-11-14-5-3-4-6-15(14)20-16/h3-12,17-18H,1-2H3. The van der Waals surface area contributed by atoms with Gasteiger partial charge in [0, 0.05) is 23.7 Å². The predicted octanol–water partition coefficient (Wildman–Crippen LogP) is 3.89. The van der Waals surface area contributed by atoms with Crippen LogP contribution in [0.2, 0.25) is 0 Å². The van der Waals surface area contributed by atoms with Crippen molar-refractivity contribution in [3.8, 4) is 0 Å². The number of nitrogens with zero attached hydrogens (tertiary/aromatic N) is 1. The van der Waals surface area contributed by atoms with Gasteiger partial charge in [-0.2, -0.15) is 0 Å². The van der Waals surface area contributed by atoms with Gasteiger partial charge >= 0.3 is 0 Å². The molecule has 2 atom stereocenters. The van der Waals surface area contributed by atoms with Gasteiger partial charge in [-0.25, -0.2) is 0 Å². The minimum absolute atomic E-state index is 0.143. The highest BCUT2D eigenvalue weighted by molar-refractivity contribution is 5.77. The Kier molecular flexibility index (Phi) is 3.52. The van der Waals surface area contributed by atoms with Crippen LogP contribution in [0.4, 0.5) is 0 Å². The Morgan fingerprint density at radius 2 is 1.85 bits per heavy atom. The van der Waals surface area contributed by atoms with E-state index >= 15 is 0 Å². The highest BCUT2D eigenvalue weighted by Gasteiger charge is 2.22. The maximum absolute atomic E-state index is 5.99. The first-order chi connectivity index (χ1) is 9.79. The van der Waals surface area contributed by atoms with Gasteiger partial charge < -0.3 is 9.73 Å². The molecule has 0 radical (unpaired) electrons. The highest BCUT2D eigenvalue weighted by atomic mass is 16.3. The van der Waals surface area contributed by atoms with Crippen LogP contribution in [0.25, 0.3) is 11.0 Å². The first kappa shape index (κ1) is 12.9. The van der Waals surface area contributed by atoms with Gasteiger partial charge in [0.25, 0.3) is 0 Å². The Morgan fingerprint density at radius 1 is 1.10 bits per heavy atom. The number of hydrogen-bond acceptors (Lipinski definition) is 3. The molecule has 2 aromatic heterocycles. The maximum Gasteiger partial charge on any atom is 0.134 e. The zero-order valence-electron chi connectivity index (χ0n) is 11.7. The van der Waals surface area contributed by atoms with Crippen molar-refractivity contribution in [1.29, 1.82) is 0 Å². The van der Waals surface area contributed by atoms with Gasteiger partial charge in [0.2, 0.25) is 0 Å². The molecule has 20 heavy (non-hydrogen) atoms. The summed E-state index contributed by atoms with van der Waals surface area (Å²) >= 11 is 0. The zero-order chi connectivity index (χ0) is 13.9. The van der Waals surface area contributed by atoms with Crippen molar-refractivity contribution in [3.05, 3.63) is 66.2 Å². The maximum atomic E-state index is 5.99. The van der Waals surface area contributed by atoms with E-state index in [1.807, 2.05) is 37.6 Å². The monoisotopic (exact) mass is 266 g/mol. The number of pyridine rings is 1. The fraction of sp³-hybridized carbons (Fsp3) is 0.235. The molecule has 0 bridgehead atoms. The van der Waals surface area contributed by atoms with E-state index in [0.717, 1.165) is 16.7 Å². The Morgan fingerprint density at radius 3 is 2.55 bits per heavy atom. The molecule has 1 aromatic carbocycles. The first-order valence-electron chi connectivity index (χ1n) is 6.85. The molecule has 0 fully saturated rings. The van der Waals surface area contributed by atoms with Gasteiger partial charge in [-0.05, 0) is 36.9 Å². The zero-order valence-corrected chi connectivity index (χ0v) is 11.7. The number of benzene rings is 1. The fourth-order valence-corrected chi connectivity index (χ4v) is 2.65. The van der Waals surface area contributed by atoms with Crippen molar-refractivity contribution < 1.29 is 4.42 Å². The molecule has 3 nitrogen and oxygen atoms in total. The van der Waals surface area contributed by atoms with Crippen LogP contribution in [0.15, 0.2) is 59.3 Å². The summed E-state index contributed by atoms with van der Waals surface area (Å²) in [4.78, 5) is 4.08. The third-order valence-electron chi connectivity index (χ3n) is 3.79. The molecule has 2 heterocycles. The van der Waals surface area contributed by atoms with E-state index in [-0.39, 0.29) is 6.04 Å². The Bertz CT molecular complexity index is 657. The number of aromatic nitrogens is 1. The predicted molar refractivity (Wildman–Crippen MR) is 80.7 cm³/mol. The Balaban J connectivity index is 1.97. The van der Waals surface area contributed by atoms with Crippen molar-refractivity contribution in [1.82, 2.24) is 10.3 Å². The molecule has 3 aromatic rings. The van der Waals surface area contributed by atoms with E-state index in [1.165, 1.54) is 5.56 Å². The molecule has 102 valence electrons. The third-order valence-corrected chi connectivity index (χ3v) is 3.79. The minimum Gasteiger partial charge on any atom is -0.459 e. The molecule has 0 spiro atoms. The van der Waals surface area contributed by atoms with Crippen molar-refractivity contribution in [2.45, 2.75) is 18.9 Å². The van der Waals surface area contributed by atoms with E-state index in [0.29, 0.717) is 5.92 Å². The van der Waals surface area contributed by atoms with Crippen LogP contribution < -0.4 is 5.32 Å². The molecule has 0 aliphatic heterocycles. The summed E-state index contributed by atoms with van der Waals surface area (Å²) in [7, 11) is 1.97. The summed E-state index contributed by atoms with van der Waals surface area (Å²) in [5, 5.41) is 4.51. The van der Waals surface area contributed by atoms with E-state index < -0.39 is 0 Å². The van der Waals surface area contributed by atoms with E-state index in [9.17, 15) is 0 Å². The van der Waals surface area contributed by atoms with Crippen molar-refractivity contribution >= 4 is 11.0 Å². The lowest BCUT2D eigenvalue weighted by Crippen LogP contribution is -2.21. The largest absolute Gasteiger partial charge is 0.459 e. The number of hydrogen-bond donors (Lipinski definition) is 1. The molecule has 3 rings (SSSR count). The lowest BCUT2D eigenvalue weighted by Gasteiger charge is -2.21. The number of likely N-dealkylation sites (N-methyl/N-ethyl adjacent to an activating group) is 1. The second-order valence-corrected chi connectivity index (χ2v) is 5.02. The van der Waals surface area contributed by atoms with Gasteiger partial charge in [-0.1, -0.05) is 25.1 Å². The molecule has 1 N–H and O–H groups in total. The van der Waals surface area contributed by atoms with Crippen LogP contribution in [0.1, 0.15) is 30.2 Å². The number of para-hydroxylation sites is 1. The Hall–Kier alpha value is -2.13. The van der Waals surface area contributed by atoms with E-state index in [4.69, 9.17) is 4.42 Å². The summed E-state index contributed by atoms with van der Waals surface area (Å²) in [5.74, 6) is 1.28. The smallest absolute Gasteiger partial charge is 0.134 e. The quantitative estimate of drug-likeness (QED) is 0.778. The van der Waals surface area contributed by atoms with Crippen LogP contribution in [0, 0.1) is 0 Å². The minimum atomic E-state index is 0.143. The van der Waals surface area contributed by atoms with Gasteiger partial charge in [0.1, 0.15) is 11.3 Å². The highest BCUT2D eigenvalue weighted by Crippen LogP contribution is 2.33. The lowest BCUT2D eigenvalue weighted by molar-refractivity contribution is 0.410. The van der Waals surface area contributed by atoms with Crippen LogP contribution in [-0.2, 0) is 0 Å². The molecule has 0 saturated heterocycles. The molecule has 0 aliphatic rings. The van der Waals surface area contributed by atoms with Gasteiger partial charge in [-0.15, -0.1) is 0 Å². The summed E-state index contributed by atoms with van der Waals surface area (Å²) < 4.78 is 5.99. The van der Waals surface area contributed by atoms with Gasteiger partial charge in [0.05, 0.1) is 6.04 Å². The average Bonchev–Trinajstić information content (AvgIpc) is 2.92. The summed E-state index contributed by atoms with van der Waals surface area (Å²) in [5.41, 5.74) is 2.18. The van der Waals surface area contributed by atoms with Crippen LogP contribution in [-0.4, -0.2) is 12.0 Å². The number of fused-ring (bicyclic) bond motifs is 1. The van der Waals surface area contributed by atoms with Crippen LogP contribution >= 0.6 is 0 Å². The summed E-state index contributed by atoms with van der Waals surface area (Å²) in [6.45, 7) is 2.20. The molecule has 3 heteroatoms. The Labute approximate surface area is 118 Å². The lowest BCUT2D eigenvalue weighted by atomic mass is 9.92. The van der Waals surface area contributed by atoms with E-state index in [1.54, 1.807) is 0 Å². The fourth-order valence-electron chi connectivity index (χ4n) is 2.65. The summed E-state index contributed by atoms with van der Waals surface area (Å²) in [6.07, 6.45) is 3.66. The van der Waals surface area contributed by atoms with Crippen molar-refractivity contribution in [2.75, 3.05) is 7.05 Å². The summed E-state index contributed by atoms with van der Waals surface area (Å²) in [6, 6.07) is 14.5. The first-order valence-corrected chi connectivity index (χ1v) is 6.85. The molecule has 0 saturated carbocycles. The topological polar surface area (TPSA) is 38.1 Å². The average molecular weight is 266 g/mol. The number of rotatable bonds is 4. The molecular weight excluding hydrogens is 248 g/mol. The van der Waals surface area contributed by atoms with Gasteiger partial charge in [-0.3, -0.25) is 4.98 Å². The third kappa shape index (κ3) is 2.32. The van der Waals surface area contributed by atoms with Crippen LogP contribution in [0.3, 0.4) is 0 Å². The van der Waals surface area contributed by atoms with Crippen LogP contribution in [0.5, 0.6) is 0 Å². The van der Waals surface area contributed by atoms with Crippen molar-refractivity contribution in [3.63, 3.8) is 0 Å². The second kappa shape index (κ2) is 5.47.